The molecule has 13 heteroatoms. The van der Waals surface area contributed by atoms with E-state index < -0.39 is 74.6 Å². The molecule has 2 fully saturated rings. The van der Waals surface area contributed by atoms with E-state index in [2.05, 4.69) is 10.0 Å². The molecule has 0 saturated carbocycles. The molecule has 10 atom stereocenters. The third-order valence-electron chi connectivity index (χ3n) is 4.15. The maximum absolute atomic E-state index is 10.1. The van der Waals surface area contributed by atoms with Crippen LogP contribution in [-0.4, -0.2) is 110 Å². The second-order valence-electron chi connectivity index (χ2n) is 5.74. The molecule has 0 aromatic rings. The van der Waals surface area contributed by atoms with Crippen molar-refractivity contribution in [3.8, 4) is 0 Å². The molecule has 13 nitrogen and oxygen atoms in total. The molecule has 0 spiro atoms. The Morgan fingerprint density at radius 3 is 1.84 bits per heavy atom. The monoisotopic (exact) mass is 367 g/mol. The lowest BCUT2D eigenvalue weighted by Gasteiger charge is -2.44. The molecule has 2 saturated heterocycles. The van der Waals surface area contributed by atoms with E-state index in [9.17, 15) is 30.6 Å². The normalized spacial score (nSPS) is 48.0. The van der Waals surface area contributed by atoms with Crippen LogP contribution in [0.25, 0.3) is 10.4 Å². The summed E-state index contributed by atoms with van der Waals surface area (Å²) in [5.74, 6) is 0. The summed E-state index contributed by atoms with van der Waals surface area (Å²) in [6.07, 6.45) is -13.9. The lowest BCUT2D eigenvalue weighted by molar-refractivity contribution is -0.368. The highest BCUT2D eigenvalue weighted by Crippen LogP contribution is 2.29. The highest BCUT2D eigenvalue weighted by atomic mass is 16.8. The van der Waals surface area contributed by atoms with Crippen molar-refractivity contribution in [1.29, 1.82) is 0 Å². The van der Waals surface area contributed by atoms with Crippen molar-refractivity contribution in [3.63, 3.8) is 0 Å². The van der Waals surface area contributed by atoms with Gasteiger partial charge in [0, 0.05) is 4.91 Å². The van der Waals surface area contributed by atoms with Gasteiger partial charge in [0.15, 0.2) is 12.6 Å². The summed E-state index contributed by atoms with van der Waals surface area (Å²) >= 11 is 0. The first-order valence-electron chi connectivity index (χ1n) is 7.48. The fraction of sp³-hybridized carbons (Fsp3) is 1.00. The van der Waals surface area contributed by atoms with Crippen LogP contribution in [0, 0.1) is 0 Å². The maximum Gasteiger partial charge on any atom is 0.189 e. The Balaban J connectivity index is 2.15. The van der Waals surface area contributed by atoms with Crippen molar-refractivity contribution < 1.29 is 50.0 Å². The molecular weight excluding hydrogens is 346 g/mol. The van der Waals surface area contributed by atoms with Gasteiger partial charge in [-0.05, 0) is 5.53 Å². The first-order valence-corrected chi connectivity index (χ1v) is 7.48. The molecule has 2 heterocycles. The van der Waals surface area contributed by atoms with Crippen LogP contribution in [0.3, 0.4) is 0 Å². The van der Waals surface area contributed by atoms with E-state index >= 15 is 0 Å². The van der Waals surface area contributed by atoms with Crippen LogP contribution < -0.4 is 0 Å². The molecule has 2 aliphatic rings. The number of rotatable bonds is 5. The number of ether oxygens (including phenoxy) is 3. The Morgan fingerprint density at radius 1 is 0.800 bits per heavy atom. The van der Waals surface area contributed by atoms with Crippen LogP contribution >= 0.6 is 0 Å². The van der Waals surface area contributed by atoms with Gasteiger partial charge in [-0.15, -0.1) is 0 Å². The first kappa shape index (κ1) is 20.2. The van der Waals surface area contributed by atoms with Gasteiger partial charge in [-0.1, -0.05) is 5.11 Å². The zero-order valence-electron chi connectivity index (χ0n) is 12.9. The average molecular weight is 367 g/mol. The summed E-state index contributed by atoms with van der Waals surface area (Å²) in [5.41, 5.74) is 8.53. The van der Waals surface area contributed by atoms with Crippen molar-refractivity contribution in [3.05, 3.63) is 10.4 Å². The maximum atomic E-state index is 10.1. The lowest BCUT2D eigenvalue weighted by Crippen LogP contribution is -2.63. The summed E-state index contributed by atoms with van der Waals surface area (Å²) in [4.78, 5) is 2.50. The smallest absolute Gasteiger partial charge is 0.189 e. The van der Waals surface area contributed by atoms with Gasteiger partial charge in [-0.25, -0.2) is 0 Å². The fourth-order valence-corrected chi connectivity index (χ4v) is 2.69. The SMILES string of the molecule is [N-]=[N+]=NC1C(O)[C@@H](O[C@H]2OC(CO)[C@@H](O)C(O)C2O)OC(CO)[C@H]1O. The molecule has 2 aliphatic heterocycles. The summed E-state index contributed by atoms with van der Waals surface area (Å²) in [6.45, 7) is -1.36. The molecule has 0 aliphatic carbocycles. The van der Waals surface area contributed by atoms with E-state index in [0.29, 0.717) is 0 Å². The van der Waals surface area contributed by atoms with Crippen molar-refractivity contribution in [2.45, 2.75) is 61.3 Å². The fourth-order valence-electron chi connectivity index (χ4n) is 2.69. The van der Waals surface area contributed by atoms with Crippen LogP contribution in [0.5, 0.6) is 0 Å². The predicted molar refractivity (Wildman–Crippen MR) is 75.5 cm³/mol. The summed E-state index contributed by atoms with van der Waals surface area (Å²) < 4.78 is 15.5. The first-order chi connectivity index (χ1) is 11.8. The number of hydrogen-bond acceptors (Lipinski definition) is 11. The Hall–Kier alpha value is -1.09. The predicted octanol–water partition coefficient (Wildman–Crippen LogP) is -4.08. The molecule has 0 aromatic heterocycles. The molecule has 0 radical (unpaired) electrons. The van der Waals surface area contributed by atoms with Crippen molar-refractivity contribution in [1.82, 2.24) is 0 Å². The summed E-state index contributed by atoms with van der Waals surface area (Å²) in [7, 11) is 0. The average Bonchev–Trinajstić information content (AvgIpc) is 2.61. The zero-order valence-corrected chi connectivity index (χ0v) is 12.9. The Labute approximate surface area is 141 Å². The van der Waals surface area contributed by atoms with Gasteiger partial charge in [0.05, 0.1) is 25.4 Å². The molecule has 0 aromatic carbocycles. The Kier molecular flexibility index (Phi) is 6.90. The molecule has 0 bridgehead atoms. The van der Waals surface area contributed by atoms with Crippen molar-refractivity contribution >= 4 is 0 Å². The number of hydrogen-bond donors (Lipinski definition) is 7. The number of aliphatic hydroxyl groups excluding tert-OH is 7. The van der Waals surface area contributed by atoms with E-state index in [1.54, 1.807) is 0 Å². The minimum Gasteiger partial charge on any atom is -0.394 e. The standard InChI is InChI=1S/C12H21N3O10/c13-15-14-5-6(18)3(1-16)23-11(8(5)20)25-12-10(22)9(21)7(19)4(2-17)24-12/h3-12,16-22H,1-2H2/t3?,4?,5?,6-,7-,8?,9?,10?,11-,12-/m1/s1. The van der Waals surface area contributed by atoms with Gasteiger partial charge in [0.25, 0.3) is 0 Å². The molecule has 0 amide bonds. The van der Waals surface area contributed by atoms with Crippen molar-refractivity contribution in [2.24, 2.45) is 5.11 Å². The number of aliphatic hydroxyl groups is 7. The minimum atomic E-state index is -1.74. The van der Waals surface area contributed by atoms with Crippen LogP contribution in [-0.2, 0) is 14.2 Å². The topological polar surface area (TPSA) is 218 Å². The van der Waals surface area contributed by atoms with Crippen LogP contribution in [0.1, 0.15) is 0 Å². The van der Waals surface area contributed by atoms with Crippen LogP contribution in [0.4, 0.5) is 0 Å². The highest BCUT2D eigenvalue weighted by molar-refractivity contribution is 4.95. The summed E-state index contributed by atoms with van der Waals surface area (Å²) in [5, 5.41) is 71.0. The van der Waals surface area contributed by atoms with E-state index in [1.165, 1.54) is 0 Å². The third kappa shape index (κ3) is 4.02. The molecular formula is C12H21N3O10. The third-order valence-corrected chi connectivity index (χ3v) is 4.15. The highest BCUT2D eigenvalue weighted by Gasteiger charge is 2.49. The van der Waals surface area contributed by atoms with E-state index in [-0.39, 0.29) is 0 Å². The zero-order chi connectivity index (χ0) is 18.7. The summed E-state index contributed by atoms with van der Waals surface area (Å²) in [6, 6.07) is -1.41. The lowest BCUT2D eigenvalue weighted by atomic mass is 9.96. The van der Waals surface area contributed by atoms with E-state index in [1.807, 2.05) is 0 Å². The van der Waals surface area contributed by atoms with E-state index in [4.69, 9.17) is 24.8 Å². The largest absolute Gasteiger partial charge is 0.394 e. The minimum absolute atomic E-state index is 0.681. The van der Waals surface area contributed by atoms with Crippen LogP contribution in [0.2, 0.25) is 0 Å². The second-order valence-corrected chi connectivity index (χ2v) is 5.74. The molecule has 144 valence electrons. The Morgan fingerprint density at radius 2 is 1.32 bits per heavy atom. The van der Waals surface area contributed by atoms with Gasteiger partial charge in [0.2, 0.25) is 0 Å². The molecule has 7 N–H and O–H groups in total. The van der Waals surface area contributed by atoms with Crippen LogP contribution in [0.15, 0.2) is 5.11 Å². The molecule has 25 heavy (non-hydrogen) atoms. The molecule has 2 rings (SSSR count). The number of nitrogens with zero attached hydrogens (tertiary/aromatic N) is 3. The van der Waals surface area contributed by atoms with Gasteiger partial charge in [-0.3, -0.25) is 0 Å². The second kappa shape index (κ2) is 8.53. The van der Waals surface area contributed by atoms with Gasteiger partial charge in [0.1, 0.15) is 36.6 Å². The quantitative estimate of drug-likeness (QED) is 0.141. The van der Waals surface area contributed by atoms with E-state index in [0.717, 1.165) is 0 Å². The van der Waals surface area contributed by atoms with Gasteiger partial charge < -0.3 is 50.0 Å². The molecule has 6 unspecified atom stereocenters. The van der Waals surface area contributed by atoms with Gasteiger partial charge in [-0.2, -0.15) is 0 Å². The number of azide groups is 1. The van der Waals surface area contributed by atoms with Crippen molar-refractivity contribution in [2.75, 3.05) is 13.2 Å². The Bertz CT molecular complexity index is 490. The van der Waals surface area contributed by atoms with Gasteiger partial charge >= 0.3 is 0 Å².